The van der Waals surface area contributed by atoms with Gasteiger partial charge in [-0.15, -0.1) is 0 Å². The smallest absolute Gasteiger partial charge is 0.229 e. The second-order valence-electron chi connectivity index (χ2n) is 6.98. The predicted octanol–water partition coefficient (Wildman–Crippen LogP) is 1.70. The van der Waals surface area contributed by atoms with Crippen LogP contribution in [0, 0.1) is 13.8 Å². The number of aliphatic imine (C=N–C) groups is 1. The minimum Gasteiger partial charge on any atom is -0.354 e. The molecular weight excluding hydrogens is 376 g/mol. The van der Waals surface area contributed by atoms with Gasteiger partial charge in [-0.2, -0.15) is 5.10 Å². The molecule has 0 amide bonds. The molecule has 2 aromatic rings. The zero-order chi connectivity index (χ0) is 20.9. The first kappa shape index (κ1) is 21.7. The lowest BCUT2D eigenvalue weighted by Crippen LogP contribution is -2.42. The van der Waals surface area contributed by atoms with Gasteiger partial charge in [0.25, 0.3) is 0 Å². The molecule has 8 nitrogen and oxygen atoms in total. The van der Waals surface area contributed by atoms with Crippen molar-refractivity contribution in [2.45, 2.75) is 39.8 Å². The molecule has 1 heterocycles. The summed E-state index contributed by atoms with van der Waals surface area (Å²) < 4.78 is 27.5. The molecular formula is C19H30N6O2S. The van der Waals surface area contributed by atoms with E-state index in [4.69, 9.17) is 0 Å². The van der Waals surface area contributed by atoms with E-state index in [1.807, 2.05) is 30.8 Å². The Kier molecular flexibility index (Phi) is 7.06. The molecule has 0 fully saturated rings. The molecule has 0 aliphatic carbocycles. The first-order valence-corrected chi connectivity index (χ1v) is 11.0. The Morgan fingerprint density at radius 2 is 1.96 bits per heavy atom. The Hall–Kier alpha value is -2.55. The monoisotopic (exact) mass is 406 g/mol. The molecule has 1 atom stereocenters. The SMILES string of the molecule is CN=C(NCc1ccccc1NS(C)(=O)=O)NC(C)Cc1c(C)nn(C)c1C. The van der Waals surface area contributed by atoms with E-state index in [1.165, 1.54) is 5.56 Å². The zero-order valence-corrected chi connectivity index (χ0v) is 18.2. The number of rotatable bonds is 7. The second kappa shape index (κ2) is 9.09. The van der Waals surface area contributed by atoms with Gasteiger partial charge in [-0.05, 0) is 44.4 Å². The van der Waals surface area contributed by atoms with Gasteiger partial charge in [0.15, 0.2) is 5.96 Å². The van der Waals surface area contributed by atoms with Crippen LogP contribution in [0.3, 0.4) is 0 Å². The summed E-state index contributed by atoms with van der Waals surface area (Å²) in [6.45, 7) is 6.63. The fourth-order valence-corrected chi connectivity index (χ4v) is 3.65. The van der Waals surface area contributed by atoms with E-state index in [9.17, 15) is 8.42 Å². The van der Waals surface area contributed by atoms with Crippen molar-refractivity contribution in [3.63, 3.8) is 0 Å². The molecule has 28 heavy (non-hydrogen) atoms. The van der Waals surface area contributed by atoms with Crippen LogP contribution in [0.5, 0.6) is 0 Å². The minimum atomic E-state index is -3.34. The van der Waals surface area contributed by atoms with E-state index in [2.05, 4.69) is 39.3 Å². The number of nitrogens with one attached hydrogen (secondary N) is 3. The summed E-state index contributed by atoms with van der Waals surface area (Å²) in [4.78, 5) is 4.27. The Morgan fingerprint density at radius 3 is 2.54 bits per heavy atom. The lowest BCUT2D eigenvalue weighted by Gasteiger charge is -2.19. The molecule has 0 saturated heterocycles. The minimum absolute atomic E-state index is 0.150. The van der Waals surface area contributed by atoms with E-state index in [0.717, 1.165) is 29.6 Å². The summed E-state index contributed by atoms with van der Waals surface area (Å²) in [7, 11) is 0.327. The molecule has 2 rings (SSSR count). The number of aromatic nitrogens is 2. The average Bonchev–Trinajstić information content (AvgIpc) is 2.84. The van der Waals surface area contributed by atoms with Crippen molar-refractivity contribution < 1.29 is 8.42 Å². The quantitative estimate of drug-likeness (QED) is 0.480. The summed E-state index contributed by atoms with van der Waals surface area (Å²) >= 11 is 0. The van der Waals surface area contributed by atoms with Crippen LogP contribution in [0.25, 0.3) is 0 Å². The molecule has 154 valence electrons. The van der Waals surface area contributed by atoms with Crippen molar-refractivity contribution in [1.82, 2.24) is 20.4 Å². The molecule has 3 N–H and O–H groups in total. The summed E-state index contributed by atoms with van der Waals surface area (Å²) in [6.07, 6.45) is 1.97. The molecule has 1 aromatic carbocycles. The number of benzene rings is 1. The number of aryl methyl sites for hydroxylation is 2. The zero-order valence-electron chi connectivity index (χ0n) is 17.4. The van der Waals surface area contributed by atoms with Crippen molar-refractivity contribution in [3.8, 4) is 0 Å². The molecule has 1 unspecified atom stereocenters. The van der Waals surface area contributed by atoms with Crippen LogP contribution in [0.15, 0.2) is 29.3 Å². The maximum absolute atomic E-state index is 11.5. The Bertz CT molecular complexity index is 949. The first-order valence-electron chi connectivity index (χ1n) is 9.12. The number of nitrogens with zero attached hydrogens (tertiary/aromatic N) is 3. The van der Waals surface area contributed by atoms with Crippen molar-refractivity contribution in [3.05, 3.63) is 46.8 Å². The number of sulfonamides is 1. The molecule has 0 aliphatic heterocycles. The average molecular weight is 407 g/mol. The van der Waals surface area contributed by atoms with Crippen LogP contribution in [0.4, 0.5) is 5.69 Å². The Balaban J connectivity index is 2.00. The van der Waals surface area contributed by atoms with Gasteiger partial charge >= 0.3 is 0 Å². The largest absolute Gasteiger partial charge is 0.354 e. The molecule has 0 aliphatic rings. The highest BCUT2D eigenvalue weighted by molar-refractivity contribution is 7.92. The van der Waals surface area contributed by atoms with E-state index in [0.29, 0.717) is 18.2 Å². The molecule has 9 heteroatoms. The normalized spacial score (nSPS) is 13.3. The Morgan fingerprint density at radius 1 is 1.29 bits per heavy atom. The second-order valence-corrected chi connectivity index (χ2v) is 8.73. The van der Waals surface area contributed by atoms with Crippen LogP contribution >= 0.6 is 0 Å². The van der Waals surface area contributed by atoms with Crippen LogP contribution in [0.2, 0.25) is 0 Å². The van der Waals surface area contributed by atoms with Gasteiger partial charge in [-0.25, -0.2) is 8.42 Å². The van der Waals surface area contributed by atoms with Crippen LogP contribution in [-0.4, -0.2) is 43.5 Å². The molecule has 0 saturated carbocycles. The lowest BCUT2D eigenvalue weighted by molar-refractivity contribution is 0.606. The Labute approximate surface area is 167 Å². The van der Waals surface area contributed by atoms with E-state index in [-0.39, 0.29) is 6.04 Å². The fraction of sp³-hybridized carbons (Fsp3) is 0.474. The van der Waals surface area contributed by atoms with Crippen molar-refractivity contribution >= 4 is 21.7 Å². The highest BCUT2D eigenvalue weighted by atomic mass is 32.2. The number of hydrogen-bond donors (Lipinski definition) is 3. The van der Waals surface area contributed by atoms with E-state index >= 15 is 0 Å². The summed E-state index contributed by atoms with van der Waals surface area (Å²) in [5, 5.41) is 11.1. The highest BCUT2D eigenvalue weighted by Gasteiger charge is 2.14. The van der Waals surface area contributed by atoms with Gasteiger partial charge in [0.05, 0.1) is 17.6 Å². The predicted molar refractivity (Wildman–Crippen MR) is 114 cm³/mol. The summed E-state index contributed by atoms with van der Waals surface area (Å²) in [5.41, 5.74) is 4.83. The highest BCUT2D eigenvalue weighted by Crippen LogP contribution is 2.16. The topological polar surface area (TPSA) is 100 Å². The number of hydrogen-bond acceptors (Lipinski definition) is 4. The maximum atomic E-state index is 11.5. The molecule has 1 aromatic heterocycles. The third kappa shape index (κ3) is 5.98. The van der Waals surface area contributed by atoms with Crippen molar-refractivity contribution in [2.24, 2.45) is 12.0 Å². The molecule has 0 spiro atoms. The lowest BCUT2D eigenvalue weighted by atomic mass is 10.1. The van der Waals surface area contributed by atoms with Crippen LogP contribution in [0.1, 0.15) is 29.4 Å². The van der Waals surface area contributed by atoms with Crippen molar-refractivity contribution in [1.29, 1.82) is 0 Å². The van der Waals surface area contributed by atoms with Gasteiger partial charge in [0.2, 0.25) is 10.0 Å². The third-order valence-electron chi connectivity index (χ3n) is 4.53. The van der Waals surface area contributed by atoms with Gasteiger partial charge in [0, 0.05) is 32.4 Å². The van der Waals surface area contributed by atoms with E-state index < -0.39 is 10.0 Å². The standard InChI is InChI=1S/C19H30N6O2S/c1-13(11-17-14(2)23-25(5)15(17)3)22-19(20-4)21-12-16-9-7-8-10-18(16)24-28(6,26)27/h7-10,13,24H,11-12H2,1-6H3,(H2,20,21,22). The molecule has 0 radical (unpaired) electrons. The van der Waals surface area contributed by atoms with Gasteiger partial charge < -0.3 is 10.6 Å². The van der Waals surface area contributed by atoms with Gasteiger partial charge in [0.1, 0.15) is 0 Å². The number of para-hydroxylation sites is 1. The van der Waals surface area contributed by atoms with Crippen LogP contribution < -0.4 is 15.4 Å². The van der Waals surface area contributed by atoms with Gasteiger partial charge in [-0.1, -0.05) is 18.2 Å². The molecule has 0 bridgehead atoms. The summed E-state index contributed by atoms with van der Waals surface area (Å²) in [5.74, 6) is 0.654. The third-order valence-corrected chi connectivity index (χ3v) is 5.13. The number of guanidine groups is 1. The first-order chi connectivity index (χ1) is 13.1. The fourth-order valence-electron chi connectivity index (χ4n) is 3.05. The van der Waals surface area contributed by atoms with E-state index in [1.54, 1.807) is 19.2 Å². The maximum Gasteiger partial charge on any atom is 0.229 e. The van der Waals surface area contributed by atoms with Gasteiger partial charge in [-0.3, -0.25) is 14.4 Å². The van der Waals surface area contributed by atoms with Crippen molar-refractivity contribution in [2.75, 3.05) is 18.0 Å². The number of anilines is 1. The van der Waals surface area contributed by atoms with Crippen LogP contribution in [-0.2, 0) is 30.0 Å². The summed E-state index contributed by atoms with van der Waals surface area (Å²) in [6, 6.07) is 7.43.